The molecule has 1 unspecified atom stereocenters. The van der Waals surface area contributed by atoms with Crippen LogP contribution in [0.3, 0.4) is 0 Å². The minimum absolute atomic E-state index is 0.00544. The van der Waals surface area contributed by atoms with Crippen molar-refractivity contribution in [2.75, 3.05) is 7.05 Å². The van der Waals surface area contributed by atoms with Gasteiger partial charge in [0, 0.05) is 12.1 Å². The highest BCUT2D eigenvalue weighted by Gasteiger charge is 2.13. The quantitative estimate of drug-likeness (QED) is 0.884. The number of aryl methyl sites for hydroxylation is 1. The lowest BCUT2D eigenvalue weighted by Crippen LogP contribution is -2.30. The molecule has 0 aromatic heterocycles. The van der Waals surface area contributed by atoms with Crippen molar-refractivity contribution in [3.05, 3.63) is 70.5 Å². The van der Waals surface area contributed by atoms with E-state index in [2.05, 4.69) is 5.32 Å². The summed E-state index contributed by atoms with van der Waals surface area (Å²) >= 11 is 0. The van der Waals surface area contributed by atoms with Crippen LogP contribution in [0.1, 0.15) is 16.7 Å². The summed E-state index contributed by atoms with van der Waals surface area (Å²) in [6.07, 6.45) is 1.10. The summed E-state index contributed by atoms with van der Waals surface area (Å²) in [6.45, 7) is 1.85. The number of hydrogen-bond acceptors (Lipinski definition) is 1. The van der Waals surface area contributed by atoms with Crippen LogP contribution in [0.5, 0.6) is 0 Å². The highest BCUT2D eigenvalue weighted by Crippen LogP contribution is 2.16. The maximum atomic E-state index is 13.7. The van der Waals surface area contributed by atoms with E-state index >= 15 is 0 Å². The topological polar surface area (TPSA) is 12.0 Å². The second kappa shape index (κ2) is 6.76. The lowest BCUT2D eigenvalue weighted by Gasteiger charge is -2.18. The van der Waals surface area contributed by atoms with Gasteiger partial charge in [-0.3, -0.25) is 0 Å². The molecule has 4 heteroatoms. The summed E-state index contributed by atoms with van der Waals surface area (Å²) in [4.78, 5) is 0. The van der Waals surface area contributed by atoms with E-state index in [0.29, 0.717) is 18.4 Å². The van der Waals surface area contributed by atoms with Crippen molar-refractivity contribution in [2.24, 2.45) is 0 Å². The molecular weight excluding hydrogens is 275 g/mol. The van der Waals surface area contributed by atoms with Crippen LogP contribution in [0.2, 0.25) is 0 Å². The van der Waals surface area contributed by atoms with E-state index in [0.717, 1.165) is 17.2 Å². The number of halogens is 3. The van der Waals surface area contributed by atoms with E-state index in [1.807, 2.05) is 6.92 Å². The van der Waals surface area contributed by atoms with Gasteiger partial charge in [-0.05, 0) is 61.7 Å². The first-order valence-electron chi connectivity index (χ1n) is 6.86. The van der Waals surface area contributed by atoms with Gasteiger partial charge in [-0.2, -0.15) is 0 Å². The molecule has 0 aliphatic carbocycles. The van der Waals surface area contributed by atoms with Crippen molar-refractivity contribution in [2.45, 2.75) is 25.8 Å². The minimum Gasteiger partial charge on any atom is -0.316 e. The lowest BCUT2D eigenvalue weighted by atomic mass is 9.96. The molecule has 0 aliphatic heterocycles. The van der Waals surface area contributed by atoms with Crippen LogP contribution in [-0.4, -0.2) is 13.1 Å². The first-order valence-corrected chi connectivity index (χ1v) is 6.86. The van der Waals surface area contributed by atoms with Gasteiger partial charge < -0.3 is 5.32 Å². The fraction of sp³-hybridized carbons (Fsp3) is 0.294. The zero-order valence-electron chi connectivity index (χ0n) is 12.1. The van der Waals surface area contributed by atoms with Crippen LogP contribution in [-0.2, 0) is 12.8 Å². The first-order chi connectivity index (χ1) is 9.99. The third kappa shape index (κ3) is 4.08. The van der Waals surface area contributed by atoms with Gasteiger partial charge in [0.15, 0.2) is 0 Å². The third-order valence-electron chi connectivity index (χ3n) is 3.66. The normalized spacial score (nSPS) is 12.4. The molecule has 0 saturated carbocycles. The average Bonchev–Trinajstić information content (AvgIpc) is 2.43. The summed E-state index contributed by atoms with van der Waals surface area (Å²) < 4.78 is 39.7. The molecule has 1 atom stereocenters. The predicted octanol–water partition coefficient (Wildman–Crippen LogP) is 3.79. The molecule has 2 rings (SSSR count). The van der Waals surface area contributed by atoms with Crippen LogP contribution >= 0.6 is 0 Å². The Morgan fingerprint density at radius 2 is 1.48 bits per heavy atom. The van der Waals surface area contributed by atoms with Crippen molar-refractivity contribution in [1.29, 1.82) is 0 Å². The van der Waals surface area contributed by atoms with E-state index in [1.54, 1.807) is 13.1 Å². The number of hydrogen-bond donors (Lipinski definition) is 1. The fourth-order valence-corrected chi connectivity index (χ4v) is 2.38. The summed E-state index contributed by atoms with van der Waals surface area (Å²) in [5, 5.41) is 3.13. The fourth-order valence-electron chi connectivity index (χ4n) is 2.38. The Kier molecular flexibility index (Phi) is 5.02. The zero-order valence-corrected chi connectivity index (χ0v) is 12.1. The van der Waals surface area contributed by atoms with Gasteiger partial charge in [-0.15, -0.1) is 0 Å². The molecule has 0 radical (unpaired) electrons. The second-order valence-corrected chi connectivity index (χ2v) is 5.20. The molecule has 0 aliphatic rings. The molecule has 21 heavy (non-hydrogen) atoms. The number of rotatable bonds is 5. The smallest absolute Gasteiger partial charge is 0.129 e. The first kappa shape index (κ1) is 15.6. The van der Waals surface area contributed by atoms with Crippen molar-refractivity contribution in [3.8, 4) is 0 Å². The van der Waals surface area contributed by atoms with E-state index in [9.17, 15) is 13.2 Å². The molecule has 0 bridgehead atoms. The summed E-state index contributed by atoms with van der Waals surface area (Å²) in [7, 11) is 1.80. The zero-order chi connectivity index (χ0) is 15.4. The molecule has 0 saturated heterocycles. The van der Waals surface area contributed by atoms with E-state index in [-0.39, 0.29) is 11.9 Å². The second-order valence-electron chi connectivity index (χ2n) is 5.20. The standard InChI is InChI=1S/C17H18F3N/c1-11-7-14(18)5-3-12(11)8-16(21-2)9-13-4-6-15(19)10-17(13)20/h3-7,10,16,21H,8-9H2,1-2H3. The molecule has 0 amide bonds. The molecular formula is C17H18F3N. The molecule has 0 heterocycles. The number of nitrogens with one attached hydrogen (secondary N) is 1. The van der Waals surface area contributed by atoms with Crippen LogP contribution in [0, 0.1) is 24.4 Å². The summed E-state index contributed by atoms with van der Waals surface area (Å²) in [5.41, 5.74) is 2.35. The Bertz CT molecular complexity index is 572. The molecule has 1 N–H and O–H groups in total. The average molecular weight is 293 g/mol. The lowest BCUT2D eigenvalue weighted by molar-refractivity contribution is 0.523. The molecule has 1 nitrogen and oxygen atoms in total. The van der Waals surface area contributed by atoms with Crippen molar-refractivity contribution >= 4 is 0 Å². The molecule has 2 aromatic rings. The molecule has 112 valence electrons. The largest absolute Gasteiger partial charge is 0.316 e. The van der Waals surface area contributed by atoms with E-state index in [1.165, 1.54) is 24.3 Å². The Hall–Kier alpha value is -1.81. The highest BCUT2D eigenvalue weighted by molar-refractivity contribution is 5.28. The summed E-state index contributed by atoms with van der Waals surface area (Å²) in [5.74, 6) is -1.38. The minimum atomic E-state index is -0.577. The third-order valence-corrected chi connectivity index (χ3v) is 3.66. The summed E-state index contributed by atoms with van der Waals surface area (Å²) in [6, 6.07) is 8.27. The van der Waals surface area contributed by atoms with Gasteiger partial charge in [0.2, 0.25) is 0 Å². The van der Waals surface area contributed by atoms with Gasteiger partial charge in [0.25, 0.3) is 0 Å². The van der Waals surface area contributed by atoms with Crippen LogP contribution in [0.15, 0.2) is 36.4 Å². The van der Waals surface area contributed by atoms with Gasteiger partial charge in [0.05, 0.1) is 0 Å². The van der Waals surface area contributed by atoms with Crippen molar-refractivity contribution in [1.82, 2.24) is 5.32 Å². The van der Waals surface area contributed by atoms with Gasteiger partial charge >= 0.3 is 0 Å². The van der Waals surface area contributed by atoms with Crippen LogP contribution in [0.25, 0.3) is 0 Å². The highest BCUT2D eigenvalue weighted by atomic mass is 19.1. The van der Waals surface area contributed by atoms with Crippen LogP contribution < -0.4 is 5.32 Å². The molecule has 2 aromatic carbocycles. The Labute approximate surface area is 122 Å². The monoisotopic (exact) mass is 293 g/mol. The molecule has 0 spiro atoms. The Balaban J connectivity index is 2.13. The van der Waals surface area contributed by atoms with Gasteiger partial charge in [0.1, 0.15) is 17.5 Å². The van der Waals surface area contributed by atoms with Gasteiger partial charge in [-0.1, -0.05) is 12.1 Å². The van der Waals surface area contributed by atoms with E-state index < -0.39 is 11.6 Å². The predicted molar refractivity (Wildman–Crippen MR) is 77.8 cm³/mol. The Morgan fingerprint density at radius 3 is 2.05 bits per heavy atom. The Morgan fingerprint density at radius 1 is 0.905 bits per heavy atom. The number of benzene rings is 2. The van der Waals surface area contributed by atoms with Crippen molar-refractivity contribution < 1.29 is 13.2 Å². The maximum Gasteiger partial charge on any atom is 0.129 e. The SMILES string of the molecule is CNC(Cc1ccc(F)cc1C)Cc1ccc(F)cc1F. The van der Waals surface area contributed by atoms with Crippen molar-refractivity contribution in [3.63, 3.8) is 0 Å². The number of likely N-dealkylation sites (N-methyl/N-ethyl adjacent to an activating group) is 1. The molecule has 0 fully saturated rings. The van der Waals surface area contributed by atoms with Gasteiger partial charge in [-0.25, -0.2) is 13.2 Å². The van der Waals surface area contributed by atoms with E-state index in [4.69, 9.17) is 0 Å². The maximum absolute atomic E-state index is 13.7. The van der Waals surface area contributed by atoms with Crippen LogP contribution in [0.4, 0.5) is 13.2 Å².